The first kappa shape index (κ1) is 9.64. The zero-order valence-corrected chi connectivity index (χ0v) is 9.22. The van der Waals surface area contributed by atoms with E-state index in [4.69, 9.17) is 0 Å². The smallest absolute Gasteiger partial charge is 0.308 e. The predicted octanol–water partition coefficient (Wildman–Crippen LogP) is 1.44. The van der Waals surface area contributed by atoms with Gasteiger partial charge in [-0.2, -0.15) is 0 Å². The Morgan fingerprint density at radius 2 is 1.93 bits per heavy atom. The number of aliphatic carboxylic acids is 1. The first-order chi connectivity index (χ1) is 7.16. The minimum absolute atomic E-state index is 0.0590. The van der Waals surface area contributed by atoms with Crippen LogP contribution in [-0.2, 0) is 4.79 Å². The fraction of sp³-hybridized carbons (Fsp3) is 0.917. The highest BCUT2D eigenvalue weighted by Gasteiger charge is 2.54. The van der Waals surface area contributed by atoms with Crippen LogP contribution in [0.3, 0.4) is 0 Å². The van der Waals surface area contributed by atoms with Crippen LogP contribution in [0.2, 0.25) is 0 Å². The van der Waals surface area contributed by atoms with E-state index in [-0.39, 0.29) is 5.92 Å². The Labute approximate surface area is 90.5 Å². The van der Waals surface area contributed by atoms with E-state index >= 15 is 0 Å². The van der Waals surface area contributed by atoms with Gasteiger partial charge in [-0.05, 0) is 37.0 Å². The van der Waals surface area contributed by atoms with Crippen molar-refractivity contribution < 1.29 is 9.90 Å². The fourth-order valence-electron chi connectivity index (χ4n) is 4.12. The van der Waals surface area contributed by atoms with Crippen molar-refractivity contribution >= 4 is 5.97 Å². The second-order valence-corrected chi connectivity index (χ2v) is 5.75. The lowest BCUT2D eigenvalue weighted by atomic mass is 9.81. The number of carboxylic acid groups (broad SMARTS) is 1. The van der Waals surface area contributed by atoms with Crippen molar-refractivity contribution in [2.24, 2.45) is 23.7 Å². The molecule has 0 aromatic rings. The van der Waals surface area contributed by atoms with Gasteiger partial charge in [-0.25, -0.2) is 0 Å². The Balaban J connectivity index is 1.78. The minimum Gasteiger partial charge on any atom is -0.481 e. The number of likely N-dealkylation sites (tertiary alicyclic amines) is 1. The first-order valence-corrected chi connectivity index (χ1v) is 6.13. The lowest BCUT2D eigenvalue weighted by molar-refractivity contribution is -0.147. The van der Waals surface area contributed by atoms with E-state index in [2.05, 4.69) is 11.8 Å². The third kappa shape index (κ3) is 1.32. The second-order valence-electron chi connectivity index (χ2n) is 5.75. The van der Waals surface area contributed by atoms with Crippen LogP contribution in [-0.4, -0.2) is 35.1 Å². The summed E-state index contributed by atoms with van der Waals surface area (Å²) in [5, 5.41) is 9.31. The number of hydrogen-bond acceptors (Lipinski definition) is 2. The summed E-state index contributed by atoms with van der Waals surface area (Å²) in [6.45, 7) is 4.49. The maximum atomic E-state index is 11.3. The van der Waals surface area contributed by atoms with E-state index < -0.39 is 5.97 Å². The molecule has 2 bridgehead atoms. The van der Waals surface area contributed by atoms with E-state index in [1.54, 1.807) is 0 Å². The molecule has 0 amide bonds. The van der Waals surface area contributed by atoms with E-state index in [0.717, 1.165) is 25.4 Å². The zero-order valence-electron chi connectivity index (χ0n) is 9.22. The lowest BCUT2D eigenvalue weighted by Gasteiger charge is -2.46. The average molecular weight is 209 g/mol. The summed E-state index contributed by atoms with van der Waals surface area (Å²) < 4.78 is 0. The number of rotatable bonds is 2. The number of carboxylic acids is 1. The SMILES string of the molecule is CC1CN(C2C3CCC(C3)C2C(=O)O)C1. The molecule has 3 nitrogen and oxygen atoms in total. The van der Waals surface area contributed by atoms with Crippen LogP contribution in [0.1, 0.15) is 26.2 Å². The van der Waals surface area contributed by atoms with E-state index in [0.29, 0.717) is 17.9 Å². The molecule has 3 heteroatoms. The van der Waals surface area contributed by atoms with Gasteiger partial charge >= 0.3 is 5.97 Å². The molecule has 0 aromatic carbocycles. The van der Waals surface area contributed by atoms with Gasteiger partial charge in [0.1, 0.15) is 0 Å². The molecule has 3 fully saturated rings. The van der Waals surface area contributed by atoms with Crippen molar-refractivity contribution in [3.63, 3.8) is 0 Å². The monoisotopic (exact) mass is 209 g/mol. The van der Waals surface area contributed by atoms with Crippen molar-refractivity contribution in [1.82, 2.24) is 4.90 Å². The van der Waals surface area contributed by atoms with Crippen LogP contribution in [0.5, 0.6) is 0 Å². The Kier molecular flexibility index (Phi) is 2.06. The molecule has 2 aliphatic carbocycles. The van der Waals surface area contributed by atoms with Crippen molar-refractivity contribution in [2.75, 3.05) is 13.1 Å². The molecule has 0 aromatic heterocycles. The average Bonchev–Trinajstić information content (AvgIpc) is 2.70. The molecule has 1 N–H and O–H groups in total. The molecule has 4 unspecified atom stereocenters. The van der Waals surface area contributed by atoms with Crippen molar-refractivity contribution in [3.05, 3.63) is 0 Å². The standard InChI is InChI=1S/C12H19NO2/c1-7-5-13(6-7)11-9-3-2-8(4-9)10(11)12(14)15/h7-11H,2-6H2,1H3,(H,14,15). The molecular formula is C12H19NO2. The minimum atomic E-state index is -0.549. The summed E-state index contributed by atoms with van der Waals surface area (Å²) in [5.41, 5.74) is 0. The highest BCUT2D eigenvalue weighted by atomic mass is 16.4. The molecule has 15 heavy (non-hydrogen) atoms. The topological polar surface area (TPSA) is 40.5 Å². The Bertz CT molecular complexity index is 285. The van der Waals surface area contributed by atoms with Gasteiger partial charge in [0.2, 0.25) is 0 Å². The summed E-state index contributed by atoms with van der Waals surface area (Å²) in [6.07, 6.45) is 3.60. The molecule has 1 aliphatic heterocycles. The predicted molar refractivity (Wildman–Crippen MR) is 56.5 cm³/mol. The van der Waals surface area contributed by atoms with Crippen LogP contribution in [0.25, 0.3) is 0 Å². The third-order valence-electron chi connectivity index (χ3n) is 4.67. The molecule has 0 spiro atoms. The highest BCUT2D eigenvalue weighted by Crippen LogP contribution is 2.51. The largest absolute Gasteiger partial charge is 0.481 e. The number of nitrogens with zero attached hydrogens (tertiary/aromatic N) is 1. The van der Waals surface area contributed by atoms with Gasteiger partial charge in [-0.15, -0.1) is 0 Å². The molecule has 2 saturated carbocycles. The summed E-state index contributed by atoms with van der Waals surface area (Å²) >= 11 is 0. The van der Waals surface area contributed by atoms with Gasteiger partial charge in [-0.1, -0.05) is 6.92 Å². The molecule has 0 radical (unpaired) electrons. The molecular weight excluding hydrogens is 190 g/mol. The molecule has 3 aliphatic rings. The van der Waals surface area contributed by atoms with E-state index in [1.807, 2.05) is 0 Å². The number of carbonyl (C=O) groups is 1. The van der Waals surface area contributed by atoms with Gasteiger partial charge in [0.15, 0.2) is 0 Å². The molecule has 1 saturated heterocycles. The highest BCUT2D eigenvalue weighted by molar-refractivity contribution is 5.72. The fourth-order valence-corrected chi connectivity index (χ4v) is 4.12. The second kappa shape index (κ2) is 3.21. The summed E-state index contributed by atoms with van der Waals surface area (Å²) in [5.74, 6) is 1.33. The van der Waals surface area contributed by atoms with Crippen LogP contribution in [0, 0.1) is 23.7 Å². The van der Waals surface area contributed by atoms with Crippen LogP contribution in [0.4, 0.5) is 0 Å². The summed E-state index contributed by atoms with van der Waals surface area (Å²) in [6, 6.07) is 0.373. The summed E-state index contributed by atoms with van der Waals surface area (Å²) in [7, 11) is 0. The maximum Gasteiger partial charge on any atom is 0.308 e. The van der Waals surface area contributed by atoms with E-state index in [9.17, 15) is 9.90 Å². The van der Waals surface area contributed by atoms with Crippen molar-refractivity contribution in [2.45, 2.75) is 32.2 Å². The van der Waals surface area contributed by atoms with Gasteiger partial charge in [0.05, 0.1) is 5.92 Å². The Hall–Kier alpha value is -0.570. The maximum absolute atomic E-state index is 11.3. The zero-order chi connectivity index (χ0) is 10.6. The molecule has 1 heterocycles. The van der Waals surface area contributed by atoms with E-state index in [1.165, 1.54) is 12.8 Å². The van der Waals surface area contributed by atoms with Crippen LogP contribution < -0.4 is 0 Å². The quantitative estimate of drug-likeness (QED) is 0.748. The van der Waals surface area contributed by atoms with Gasteiger partial charge < -0.3 is 5.11 Å². The number of hydrogen-bond donors (Lipinski definition) is 1. The molecule has 3 rings (SSSR count). The lowest BCUT2D eigenvalue weighted by Crippen LogP contribution is -2.56. The summed E-state index contributed by atoms with van der Waals surface area (Å²) in [4.78, 5) is 13.7. The molecule has 84 valence electrons. The van der Waals surface area contributed by atoms with Gasteiger partial charge in [0.25, 0.3) is 0 Å². The normalized spacial score (nSPS) is 45.7. The molecule has 4 atom stereocenters. The van der Waals surface area contributed by atoms with Crippen molar-refractivity contribution in [1.29, 1.82) is 0 Å². The Morgan fingerprint density at radius 1 is 1.27 bits per heavy atom. The first-order valence-electron chi connectivity index (χ1n) is 6.13. The van der Waals surface area contributed by atoms with Gasteiger partial charge in [-0.3, -0.25) is 9.69 Å². The van der Waals surface area contributed by atoms with Crippen molar-refractivity contribution in [3.8, 4) is 0 Å². The van der Waals surface area contributed by atoms with Gasteiger partial charge in [0, 0.05) is 19.1 Å². The third-order valence-corrected chi connectivity index (χ3v) is 4.67. The van der Waals surface area contributed by atoms with Crippen LogP contribution in [0.15, 0.2) is 0 Å². The number of fused-ring (bicyclic) bond motifs is 2. The van der Waals surface area contributed by atoms with Crippen LogP contribution >= 0.6 is 0 Å². The Morgan fingerprint density at radius 3 is 2.53 bits per heavy atom.